The predicted octanol–water partition coefficient (Wildman–Crippen LogP) is 4.01. The molecule has 0 spiro atoms. The van der Waals surface area contributed by atoms with Crippen LogP contribution in [0.1, 0.15) is 43.1 Å². The maximum atomic E-state index is 11.0. The summed E-state index contributed by atoms with van der Waals surface area (Å²) in [6.45, 7) is 8.89. The molecule has 0 bridgehead atoms. The Labute approximate surface area is 129 Å². The summed E-state index contributed by atoms with van der Waals surface area (Å²) in [5.74, 6) is 0.542. The molecule has 3 nitrogen and oxygen atoms in total. The minimum Gasteiger partial charge on any atom is -0.478 e. The summed E-state index contributed by atoms with van der Waals surface area (Å²) in [6, 6.07) is 5.87. The molecule has 1 aromatic rings. The minimum atomic E-state index is -0.883. The van der Waals surface area contributed by atoms with Gasteiger partial charge in [0.05, 0.1) is 5.56 Å². The van der Waals surface area contributed by atoms with E-state index in [4.69, 9.17) is 5.11 Å². The standard InChI is InChI=1S/C16H22BrNO2/c1-10-6-11(2)12(3)18(8-10)9-14-5-4-13(16(19)20)7-15(14)17/h4-5,7,10-12H,6,8-9H2,1-3H3,(H,19,20). The molecular weight excluding hydrogens is 318 g/mol. The van der Waals surface area contributed by atoms with Crippen molar-refractivity contribution in [3.63, 3.8) is 0 Å². The van der Waals surface area contributed by atoms with Crippen LogP contribution in [0.5, 0.6) is 0 Å². The third kappa shape index (κ3) is 3.41. The lowest BCUT2D eigenvalue weighted by Gasteiger charge is -2.41. The Bertz CT molecular complexity index is 503. The van der Waals surface area contributed by atoms with Gasteiger partial charge in [-0.25, -0.2) is 4.79 Å². The molecule has 1 aromatic carbocycles. The molecule has 1 aliphatic heterocycles. The van der Waals surface area contributed by atoms with Crippen LogP contribution in [0, 0.1) is 11.8 Å². The molecule has 2 rings (SSSR count). The number of carboxylic acid groups (broad SMARTS) is 1. The third-order valence-electron chi connectivity index (χ3n) is 4.39. The monoisotopic (exact) mass is 339 g/mol. The van der Waals surface area contributed by atoms with Crippen LogP contribution in [0.15, 0.2) is 22.7 Å². The summed E-state index contributed by atoms with van der Waals surface area (Å²) in [7, 11) is 0. The highest BCUT2D eigenvalue weighted by molar-refractivity contribution is 9.10. The average molecular weight is 340 g/mol. The second kappa shape index (κ2) is 6.27. The Morgan fingerprint density at radius 3 is 2.70 bits per heavy atom. The van der Waals surface area contributed by atoms with Crippen molar-refractivity contribution in [1.82, 2.24) is 4.90 Å². The molecule has 0 aromatic heterocycles. The predicted molar refractivity (Wildman–Crippen MR) is 83.9 cm³/mol. The Hall–Kier alpha value is -0.870. The lowest BCUT2D eigenvalue weighted by molar-refractivity contribution is 0.0695. The molecular formula is C16H22BrNO2. The molecule has 1 N–H and O–H groups in total. The number of hydrogen-bond donors (Lipinski definition) is 1. The Balaban J connectivity index is 2.15. The molecule has 4 heteroatoms. The summed E-state index contributed by atoms with van der Waals surface area (Å²) in [4.78, 5) is 13.5. The van der Waals surface area contributed by atoms with E-state index >= 15 is 0 Å². The molecule has 1 fully saturated rings. The molecule has 0 saturated carbocycles. The van der Waals surface area contributed by atoms with Crippen LogP contribution in [0.3, 0.4) is 0 Å². The van der Waals surface area contributed by atoms with Gasteiger partial charge in [-0.1, -0.05) is 35.8 Å². The van der Waals surface area contributed by atoms with Crippen molar-refractivity contribution in [2.75, 3.05) is 6.54 Å². The molecule has 110 valence electrons. The van der Waals surface area contributed by atoms with Crippen LogP contribution < -0.4 is 0 Å². The first-order valence-electron chi connectivity index (χ1n) is 7.14. The van der Waals surface area contributed by atoms with Crippen molar-refractivity contribution in [3.8, 4) is 0 Å². The van der Waals surface area contributed by atoms with E-state index in [2.05, 4.69) is 41.6 Å². The van der Waals surface area contributed by atoms with Gasteiger partial charge in [-0.15, -0.1) is 0 Å². The van der Waals surface area contributed by atoms with Gasteiger partial charge in [0.1, 0.15) is 0 Å². The van der Waals surface area contributed by atoms with Gasteiger partial charge >= 0.3 is 5.97 Å². The van der Waals surface area contributed by atoms with Gasteiger partial charge in [-0.05, 0) is 42.9 Å². The van der Waals surface area contributed by atoms with E-state index in [9.17, 15) is 4.79 Å². The summed E-state index contributed by atoms with van der Waals surface area (Å²) < 4.78 is 0.885. The lowest BCUT2D eigenvalue weighted by atomic mass is 9.86. The zero-order valence-corrected chi connectivity index (χ0v) is 13.9. The highest BCUT2D eigenvalue weighted by Gasteiger charge is 2.28. The summed E-state index contributed by atoms with van der Waals surface area (Å²) >= 11 is 3.50. The molecule has 3 atom stereocenters. The van der Waals surface area contributed by atoms with E-state index in [0.717, 1.165) is 29.0 Å². The summed E-state index contributed by atoms with van der Waals surface area (Å²) in [5, 5.41) is 9.00. The van der Waals surface area contributed by atoms with Crippen molar-refractivity contribution in [2.45, 2.75) is 39.8 Å². The third-order valence-corrected chi connectivity index (χ3v) is 5.13. The van der Waals surface area contributed by atoms with Crippen LogP contribution in [-0.4, -0.2) is 28.6 Å². The van der Waals surface area contributed by atoms with E-state index in [1.807, 2.05) is 6.07 Å². The molecule has 3 unspecified atom stereocenters. The van der Waals surface area contributed by atoms with Gasteiger partial charge in [0.25, 0.3) is 0 Å². The number of benzene rings is 1. The highest BCUT2D eigenvalue weighted by atomic mass is 79.9. The van der Waals surface area contributed by atoms with E-state index < -0.39 is 5.97 Å². The van der Waals surface area contributed by atoms with Crippen molar-refractivity contribution in [3.05, 3.63) is 33.8 Å². The first-order chi connectivity index (χ1) is 9.38. The number of hydrogen-bond acceptors (Lipinski definition) is 2. The van der Waals surface area contributed by atoms with Crippen molar-refractivity contribution in [2.24, 2.45) is 11.8 Å². The van der Waals surface area contributed by atoms with E-state index in [1.165, 1.54) is 6.42 Å². The Morgan fingerprint density at radius 1 is 1.40 bits per heavy atom. The molecule has 0 amide bonds. The van der Waals surface area contributed by atoms with Crippen LogP contribution in [0.25, 0.3) is 0 Å². The number of carboxylic acids is 1. The first kappa shape index (κ1) is 15.5. The maximum absolute atomic E-state index is 11.0. The fourth-order valence-electron chi connectivity index (χ4n) is 3.07. The van der Waals surface area contributed by atoms with Crippen molar-refractivity contribution < 1.29 is 9.90 Å². The number of aromatic carboxylic acids is 1. The van der Waals surface area contributed by atoms with Gasteiger partial charge in [-0.2, -0.15) is 0 Å². The van der Waals surface area contributed by atoms with Gasteiger partial charge < -0.3 is 5.11 Å². The zero-order chi connectivity index (χ0) is 14.9. The van der Waals surface area contributed by atoms with Crippen LogP contribution in [0.4, 0.5) is 0 Å². The van der Waals surface area contributed by atoms with Crippen LogP contribution in [-0.2, 0) is 6.54 Å². The average Bonchev–Trinajstić information content (AvgIpc) is 2.37. The van der Waals surface area contributed by atoms with Gasteiger partial charge in [-0.3, -0.25) is 4.90 Å². The topological polar surface area (TPSA) is 40.5 Å². The van der Waals surface area contributed by atoms with Gasteiger partial charge in [0.15, 0.2) is 0 Å². The lowest BCUT2D eigenvalue weighted by Crippen LogP contribution is -2.45. The van der Waals surface area contributed by atoms with E-state index in [0.29, 0.717) is 17.5 Å². The molecule has 1 aliphatic rings. The van der Waals surface area contributed by atoms with Gasteiger partial charge in [0.2, 0.25) is 0 Å². The van der Waals surface area contributed by atoms with E-state index in [-0.39, 0.29) is 0 Å². The number of rotatable bonds is 3. The highest BCUT2D eigenvalue weighted by Crippen LogP contribution is 2.29. The smallest absolute Gasteiger partial charge is 0.335 e. The quantitative estimate of drug-likeness (QED) is 0.904. The van der Waals surface area contributed by atoms with Crippen molar-refractivity contribution >= 4 is 21.9 Å². The molecule has 20 heavy (non-hydrogen) atoms. The largest absolute Gasteiger partial charge is 0.478 e. The number of halogens is 1. The fourth-order valence-corrected chi connectivity index (χ4v) is 3.57. The van der Waals surface area contributed by atoms with Gasteiger partial charge in [0, 0.05) is 23.6 Å². The number of carbonyl (C=O) groups is 1. The van der Waals surface area contributed by atoms with E-state index in [1.54, 1.807) is 12.1 Å². The Kier molecular flexibility index (Phi) is 4.86. The maximum Gasteiger partial charge on any atom is 0.335 e. The SMILES string of the molecule is CC1CC(C)C(C)N(Cc2ccc(C(=O)O)cc2Br)C1. The van der Waals surface area contributed by atoms with Crippen LogP contribution >= 0.6 is 15.9 Å². The second-order valence-electron chi connectivity index (χ2n) is 6.10. The molecule has 0 radical (unpaired) electrons. The molecule has 1 heterocycles. The second-order valence-corrected chi connectivity index (χ2v) is 6.95. The molecule has 1 saturated heterocycles. The Morgan fingerprint density at radius 2 is 2.10 bits per heavy atom. The number of piperidine rings is 1. The first-order valence-corrected chi connectivity index (χ1v) is 7.93. The normalized spacial score (nSPS) is 27.5. The van der Waals surface area contributed by atoms with Crippen LogP contribution in [0.2, 0.25) is 0 Å². The molecule has 0 aliphatic carbocycles. The zero-order valence-electron chi connectivity index (χ0n) is 12.3. The summed E-state index contributed by atoms with van der Waals surface area (Å²) in [5.41, 5.74) is 1.48. The fraction of sp³-hybridized carbons (Fsp3) is 0.562. The number of nitrogens with zero attached hydrogens (tertiary/aromatic N) is 1. The minimum absolute atomic E-state index is 0.328. The summed E-state index contributed by atoms with van der Waals surface area (Å²) in [6.07, 6.45) is 1.29. The number of likely N-dealkylation sites (tertiary alicyclic amines) is 1. The van der Waals surface area contributed by atoms with Crippen molar-refractivity contribution in [1.29, 1.82) is 0 Å².